The van der Waals surface area contributed by atoms with Gasteiger partial charge in [-0.15, -0.1) is 11.8 Å². The van der Waals surface area contributed by atoms with Gasteiger partial charge in [-0.3, -0.25) is 0 Å². The van der Waals surface area contributed by atoms with Gasteiger partial charge in [0, 0.05) is 13.1 Å². The lowest BCUT2D eigenvalue weighted by Gasteiger charge is -2.21. The average molecular weight is 271 g/mol. The molecule has 0 spiro atoms. The van der Waals surface area contributed by atoms with E-state index in [9.17, 15) is 0 Å². The van der Waals surface area contributed by atoms with Crippen LogP contribution in [0.25, 0.3) is 0 Å². The maximum Gasteiger partial charge on any atom is 0.153 e. The summed E-state index contributed by atoms with van der Waals surface area (Å²) in [4.78, 5) is 3.65. The molecule has 1 saturated heterocycles. The minimum atomic E-state index is 0.703. The highest BCUT2D eigenvalue weighted by Crippen LogP contribution is 2.38. The topological polar surface area (TPSA) is 42.2 Å². The first-order valence-corrected chi connectivity index (χ1v) is 8.30. The largest absolute Gasteiger partial charge is 0.382 e. The molecular weight excluding hydrogens is 250 g/mol. The van der Waals surface area contributed by atoms with Crippen molar-refractivity contribution in [2.75, 3.05) is 30.0 Å². The highest BCUT2D eigenvalue weighted by molar-refractivity contribution is 7.99. The van der Waals surface area contributed by atoms with Crippen molar-refractivity contribution in [3.63, 3.8) is 0 Å². The fourth-order valence-electron chi connectivity index (χ4n) is 2.45. The second-order valence-corrected chi connectivity index (χ2v) is 6.17. The number of thioether (sulfide) groups is 1. The Labute approximate surface area is 112 Å². The molecule has 1 atom stereocenters. The van der Waals surface area contributed by atoms with E-state index in [1.807, 2.05) is 0 Å². The molecule has 17 heavy (non-hydrogen) atoms. The van der Waals surface area contributed by atoms with Gasteiger partial charge in [-0.05, 0) is 43.0 Å². The molecule has 0 aliphatic carbocycles. The molecule has 1 unspecified atom stereocenters. The summed E-state index contributed by atoms with van der Waals surface area (Å²) >= 11 is 3.27. The van der Waals surface area contributed by atoms with E-state index in [1.165, 1.54) is 35.6 Å². The highest BCUT2D eigenvalue weighted by atomic mass is 32.2. The molecule has 2 rings (SSSR count). The Balaban J connectivity index is 2.11. The van der Waals surface area contributed by atoms with Gasteiger partial charge in [0.25, 0.3) is 0 Å². The molecule has 2 N–H and O–H groups in total. The summed E-state index contributed by atoms with van der Waals surface area (Å²) in [6.07, 6.45) is 7.37. The minimum absolute atomic E-state index is 0.703. The lowest BCUT2D eigenvalue weighted by molar-refractivity contribution is 0.459. The molecule has 1 aliphatic rings. The Morgan fingerprint density at radius 2 is 2.29 bits per heavy atom. The summed E-state index contributed by atoms with van der Waals surface area (Å²) in [6.45, 7) is 4.62. The van der Waals surface area contributed by atoms with Gasteiger partial charge >= 0.3 is 0 Å². The second-order valence-electron chi connectivity index (χ2n) is 4.60. The number of anilines is 2. The molecule has 2 heterocycles. The minimum Gasteiger partial charge on any atom is -0.382 e. The quantitative estimate of drug-likeness (QED) is 0.855. The van der Waals surface area contributed by atoms with Gasteiger partial charge in [0.05, 0.1) is 4.90 Å². The third-order valence-electron chi connectivity index (χ3n) is 3.57. The number of hydrogen-bond donors (Lipinski definition) is 1. The van der Waals surface area contributed by atoms with Gasteiger partial charge in [0.15, 0.2) is 5.82 Å². The van der Waals surface area contributed by atoms with Gasteiger partial charge in [0.2, 0.25) is 0 Å². The van der Waals surface area contributed by atoms with E-state index in [4.69, 9.17) is 5.73 Å². The standard InChI is InChI=1S/C12H21N3S2/c1-3-9-5-4-7-15(8-6-9)12-10(16-2)11(13)14-17-12/h9H,3-8H2,1-2H3,(H2,13,14). The van der Waals surface area contributed by atoms with Gasteiger partial charge in [0.1, 0.15) is 5.00 Å². The van der Waals surface area contributed by atoms with Crippen LogP contribution in [0.15, 0.2) is 4.90 Å². The van der Waals surface area contributed by atoms with Crippen LogP contribution >= 0.6 is 23.3 Å². The lowest BCUT2D eigenvalue weighted by Crippen LogP contribution is -2.23. The highest BCUT2D eigenvalue weighted by Gasteiger charge is 2.21. The van der Waals surface area contributed by atoms with Crippen molar-refractivity contribution in [1.29, 1.82) is 0 Å². The molecule has 96 valence electrons. The van der Waals surface area contributed by atoms with Crippen LogP contribution < -0.4 is 10.6 Å². The third-order valence-corrected chi connectivity index (χ3v) is 5.44. The van der Waals surface area contributed by atoms with Gasteiger partial charge in [-0.25, -0.2) is 0 Å². The Bertz CT molecular complexity index is 365. The van der Waals surface area contributed by atoms with Crippen LogP contribution in [0.2, 0.25) is 0 Å². The summed E-state index contributed by atoms with van der Waals surface area (Å²) in [5, 5.41) is 1.28. The van der Waals surface area contributed by atoms with Crippen LogP contribution in [0.5, 0.6) is 0 Å². The van der Waals surface area contributed by atoms with E-state index < -0.39 is 0 Å². The summed E-state index contributed by atoms with van der Waals surface area (Å²) < 4.78 is 4.29. The van der Waals surface area contributed by atoms with Crippen molar-refractivity contribution < 1.29 is 0 Å². The van der Waals surface area contributed by atoms with E-state index in [2.05, 4.69) is 22.5 Å². The Morgan fingerprint density at radius 3 is 3.00 bits per heavy atom. The van der Waals surface area contributed by atoms with Crippen molar-refractivity contribution in [3.8, 4) is 0 Å². The Morgan fingerprint density at radius 1 is 1.47 bits per heavy atom. The molecule has 0 saturated carbocycles. The van der Waals surface area contributed by atoms with Crippen LogP contribution in [0.4, 0.5) is 10.8 Å². The molecule has 1 aromatic heterocycles. The predicted octanol–water partition coefficient (Wildman–Crippen LogP) is 3.46. The van der Waals surface area contributed by atoms with Crippen LogP contribution in [0.3, 0.4) is 0 Å². The SMILES string of the molecule is CCC1CCCN(c2snc(N)c2SC)CC1. The summed E-state index contributed by atoms with van der Waals surface area (Å²) in [7, 11) is 0. The molecular formula is C12H21N3S2. The molecule has 0 aromatic carbocycles. The first kappa shape index (κ1) is 13.0. The Hall–Kier alpha value is -0.420. The smallest absolute Gasteiger partial charge is 0.153 e. The van der Waals surface area contributed by atoms with Crippen molar-refractivity contribution in [1.82, 2.24) is 4.37 Å². The number of nitrogens with zero attached hydrogens (tertiary/aromatic N) is 2. The monoisotopic (exact) mass is 271 g/mol. The van der Waals surface area contributed by atoms with Crippen LogP contribution in [0, 0.1) is 5.92 Å². The van der Waals surface area contributed by atoms with Gasteiger partial charge < -0.3 is 10.6 Å². The van der Waals surface area contributed by atoms with E-state index in [-0.39, 0.29) is 0 Å². The summed E-state index contributed by atoms with van der Waals surface area (Å²) in [5.41, 5.74) is 5.90. The average Bonchev–Trinajstić information content (AvgIpc) is 2.58. The number of hydrogen-bond acceptors (Lipinski definition) is 5. The third kappa shape index (κ3) is 2.88. The first-order chi connectivity index (χ1) is 8.26. The van der Waals surface area contributed by atoms with E-state index >= 15 is 0 Å². The number of rotatable bonds is 3. The summed E-state index contributed by atoms with van der Waals surface area (Å²) in [5.74, 6) is 1.61. The second kappa shape index (κ2) is 5.96. The summed E-state index contributed by atoms with van der Waals surface area (Å²) in [6, 6.07) is 0. The normalized spacial score (nSPS) is 21.5. The van der Waals surface area contributed by atoms with Crippen molar-refractivity contribution in [2.24, 2.45) is 5.92 Å². The van der Waals surface area contributed by atoms with Gasteiger partial charge in [-0.1, -0.05) is 13.3 Å². The van der Waals surface area contributed by atoms with Crippen molar-refractivity contribution >= 4 is 34.1 Å². The lowest BCUT2D eigenvalue weighted by atomic mass is 9.98. The zero-order valence-electron chi connectivity index (χ0n) is 10.6. The maximum absolute atomic E-state index is 5.90. The number of nitrogen functional groups attached to an aromatic ring is 1. The molecule has 3 nitrogen and oxygen atoms in total. The molecule has 1 aromatic rings. The fraction of sp³-hybridized carbons (Fsp3) is 0.750. The molecule has 0 bridgehead atoms. The molecule has 0 radical (unpaired) electrons. The van der Waals surface area contributed by atoms with E-state index in [1.54, 1.807) is 23.3 Å². The van der Waals surface area contributed by atoms with Crippen LogP contribution in [-0.2, 0) is 0 Å². The number of aromatic nitrogens is 1. The fourth-order valence-corrected chi connectivity index (χ4v) is 4.19. The zero-order valence-corrected chi connectivity index (χ0v) is 12.2. The number of nitrogens with two attached hydrogens (primary N) is 1. The molecule has 0 amide bonds. The molecule has 5 heteroatoms. The first-order valence-electron chi connectivity index (χ1n) is 6.30. The van der Waals surface area contributed by atoms with Crippen LogP contribution in [-0.4, -0.2) is 23.7 Å². The van der Waals surface area contributed by atoms with Crippen LogP contribution in [0.1, 0.15) is 32.6 Å². The Kier molecular flexibility index (Phi) is 4.56. The van der Waals surface area contributed by atoms with Gasteiger partial charge in [-0.2, -0.15) is 4.37 Å². The molecule has 1 aliphatic heterocycles. The van der Waals surface area contributed by atoms with Crippen molar-refractivity contribution in [2.45, 2.75) is 37.5 Å². The molecule has 1 fully saturated rings. The zero-order chi connectivity index (χ0) is 12.3. The van der Waals surface area contributed by atoms with E-state index in [0.717, 1.165) is 19.0 Å². The van der Waals surface area contributed by atoms with E-state index in [0.29, 0.717) is 5.82 Å². The van der Waals surface area contributed by atoms with Crippen molar-refractivity contribution in [3.05, 3.63) is 0 Å². The maximum atomic E-state index is 5.90. The predicted molar refractivity (Wildman–Crippen MR) is 78.2 cm³/mol.